The molecule has 0 spiro atoms. The van der Waals surface area contributed by atoms with E-state index in [4.69, 9.17) is 5.73 Å². The van der Waals surface area contributed by atoms with Crippen LogP contribution in [0.3, 0.4) is 0 Å². The Morgan fingerprint density at radius 2 is 2.25 bits per heavy atom. The summed E-state index contributed by atoms with van der Waals surface area (Å²) in [6.45, 7) is 3.31. The maximum absolute atomic E-state index is 12.7. The van der Waals surface area contributed by atoms with Crippen molar-refractivity contribution in [3.05, 3.63) is 35.4 Å². The van der Waals surface area contributed by atoms with Gasteiger partial charge in [0.2, 0.25) is 0 Å². The molecule has 1 fully saturated rings. The highest BCUT2D eigenvalue weighted by atomic mass is 32.2. The van der Waals surface area contributed by atoms with E-state index in [0.29, 0.717) is 6.54 Å². The molecule has 4 N–H and O–H groups in total. The number of nitrogens with zero attached hydrogens (tertiary/aromatic N) is 1. The molecule has 24 heavy (non-hydrogen) atoms. The van der Waals surface area contributed by atoms with E-state index in [0.717, 1.165) is 24.1 Å². The Balaban J connectivity index is 2.18. The smallest absolute Gasteiger partial charge is 0.312 e. The molecular formula is C16H24N4O3S. The first-order valence-corrected chi connectivity index (χ1v) is 9.83. The molecule has 1 aromatic rings. The van der Waals surface area contributed by atoms with Gasteiger partial charge in [0.15, 0.2) is 0 Å². The largest absolute Gasteiger partial charge is 0.352 e. The second kappa shape index (κ2) is 7.76. The molecular weight excluding hydrogens is 328 g/mol. The van der Waals surface area contributed by atoms with Gasteiger partial charge in [-0.3, -0.25) is 4.79 Å². The number of hydrogen-bond donors (Lipinski definition) is 3. The summed E-state index contributed by atoms with van der Waals surface area (Å²) in [4.78, 5) is 23.6. The van der Waals surface area contributed by atoms with E-state index < -0.39 is 27.7 Å². The average molecular weight is 352 g/mol. The highest BCUT2D eigenvalue weighted by Crippen LogP contribution is 2.20. The Kier molecular flexibility index (Phi) is 5.95. The molecule has 3 atom stereocenters. The van der Waals surface area contributed by atoms with E-state index in [2.05, 4.69) is 15.0 Å². The number of urea groups is 1. The van der Waals surface area contributed by atoms with Gasteiger partial charge in [-0.25, -0.2) is 9.00 Å². The lowest BCUT2D eigenvalue weighted by Gasteiger charge is -2.17. The Hall–Kier alpha value is -1.93. The Morgan fingerprint density at radius 3 is 2.83 bits per heavy atom. The second-order valence-corrected chi connectivity index (χ2v) is 8.71. The van der Waals surface area contributed by atoms with Gasteiger partial charge in [0.25, 0.3) is 5.91 Å². The van der Waals surface area contributed by atoms with Gasteiger partial charge in [0, 0.05) is 12.8 Å². The lowest BCUT2D eigenvalue weighted by Crippen LogP contribution is -2.34. The predicted octanol–water partition coefficient (Wildman–Crippen LogP) is 1.08. The number of aryl methyl sites for hydroxylation is 1. The monoisotopic (exact) mass is 352 g/mol. The molecule has 1 saturated heterocycles. The van der Waals surface area contributed by atoms with Crippen molar-refractivity contribution >= 4 is 21.7 Å². The lowest BCUT2D eigenvalue weighted by molar-refractivity contribution is -0.118. The summed E-state index contributed by atoms with van der Waals surface area (Å²) in [5.74, 6) is -0.491. The molecule has 1 aliphatic heterocycles. The van der Waals surface area contributed by atoms with Gasteiger partial charge < -0.3 is 16.4 Å². The number of benzene rings is 1. The zero-order chi connectivity index (χ0) is 17.7. The van der Waals surface area contributed by atoms with Gasteiger partial charge in [0.1, 0.15) is 0 Å². The number of amides is 3. The van der Waals surface area contributed by atoms with Gasteiger partial charge >= 0.3 is 6.03 Å². The average Bonchev–Trinajstić information content (AvgIpc) is 3.00. The fourth-order valence-corrected chi connectivity index (χ4v) is 4.41. The number of carbonyl (C=O) groups excluding carboxylic acids is 2. The minimum Gasteiger partial charge on any atom is -0.352 e. The first-order valence-electron chi connectivity index (χ1n) is 7.85. The topological polar surface area (TPSA) is 114 Å². The van der Waals surface area contributed by atoms with Crippen LogP contribution >= 0.6 is 0 Å². The molecule has 1 aliphatic rings. The van der Waals surface area contributed by atoms with Crippen LogP contribution in [0.1, 0.15) is 30.0 Å². The molecule has 0 bridgehead atoms. The third-order valence-electron chi connectivity index (χ3n) is 4.06. The maximum Gasteiger partial charge on any atom is 0.312 e. The molecule has 3 unspecified atom stereocenters. The number of hydrogen-bond acceptors (Lipinski definition) is 4. The van der Waals surface area contributed by atoms with Crippen LogP contribution in [-0.2, 0) is 14.5 Å². The number of carbonyl (C=O) groups is 2. The van der Waals surface area contributed by atoms with Crippen molar-refractivity contribution in [3.8, 4) is 0 Å². The van der Waals surface area contributed by atoms with Gasteiger partial charge in [-0.1, -0.05) is 29.8 Å². The van der Waals surface area contributed by atoms with Crippen LogP contribution < -0.4 is 16.4 Å². The SMILES string of the molecule is Cc1cccc(C(CC(=O)N=S(C)(=O)C2CCNC2)NC(N)=O)c1. The zero-order valence-electron chi connectivity index (χ0n) is 14.0. The van der Waals surface area contributed by atoms with Crippen molar-refractivity contribution in [2.45, 2.75) is 31.1 Å². The molecule has 0 saturated carbocycles. The third-order valence-corrected chi connectivity index (χ3v) is 6.26. The fourth-order valence-electron chi connectivity index (χ4n) is 2.80. The summed E-state index contributed by atoms with van der Waals surface area (Å²) in [6, 6.07) is 6.14. The van der Waals surface area contributed by atoms with E-state index >= 15 is 0 Å². The van der Waals surface area contributed by atoms with E-state index in [1.54, 1.807) is 0 Å². The first-order chi connectivity index (χ1) is 11.3. The van der Waals surface area contributed by atoms with E-state index in [1.807, 2.05) is 31.2 Å². The van der Waals surface area contributed by atoms with Crippen LogP contribution in [0.25, 0.3) is 0 Å². The number of nitrogens with one attached hydrogen (secondary N) is 2. The Morgan fingerprint density at radius 1 is 1.50 bits per heavy atom. The van der Waals surface area contributed by atoms with Crippen LogP contribution in [0.5, 0.6) is 0 Å². The van der Waals surface area contributed by atoms with Crippen molar-refractivity contribution in [1.82, 2.24) is 10.6 Å². The zero-order valence-corrected chi connectivity index (χ0v) is 14.8. The first kappa shape index (κ1) is 18.4. The summed E-state index contributed by atoms with van der Waals surface area (Å²) >= 11 is 0. The van der Waals surface area contributed by atoms with E-state index in [-0.39, 0.29) is 11.7 Å². The molecule has 0 radical (unpaired) electrons. The minimum absolute atomic E-state index is 0.0721. The number of nitrogens with two attached hydrogens (primary N) is 1. The summed E-state index contributed by atoms with van der Waals surface area (Å²) in [5.41, 5.74) is 6.98. The summed E-state index contributed by atoms with van der Waals surface area (Å²) in [5, 5.41) is 5.57. The van der Waals surface area contributed by atoms with Gasteiger partial charge in [-0.15, -0.1) is 0 Å². The molecule has 2 rings (SSSR count). The highest BCUT2D eigenvalue weighted by molar-refractivity contribution is 7.93. The van der Waals surface area contributed by atoms with Crippen LogP contribution in [0.2, 0.25) is 0 Å². The van der Waals surface area contributed by atoms with Crippen molar-refractivity contribution in [1.29, 1.82) is 0 Å². The lowest BCUT2D eigenvalue weighted by atomic mass is 10.0. The second-order valence-electron chi connectivity index (χ2n) is 6.14. The summed E-state index contributed by atoms with van der Waals surface area (Å²) in [6.07, 6.45) is 2.19. The summed E-state index contributed by atoms with van der Waals surface area (Å²) < 4.78 is 16.6. The fraction of sp³-hybridized carbons (Fsp3) is 0.500. The quantitative estimate of drug-likeness (QED) is 0.736. The Labute approximate surface area is 142 Å². The van der Waals surface area contributed by atoms with E-state index in [1.165, 1.54) is 6.26 Å². The van der Waals surface area contributed by atoms with Crippen LogP contribution in [0, 0.1) is 6.92 Å². The molecule has 1 aromatic carbocycles. The number of primary amides is 1. The number of rotatable bonds is 5. The molecule has 8 heteroatoms. The highest BCUT2D eigenvalue weighted by Gasteiger charge is 2.25. The van der Waals surface area contributed by atoms with Gasteiger partial charge in [0.05, 0.1) is 27.4 Å². The molecule has 1 heterocycles. The van der Waals surface area contributed by atoms with Crippen LogP contribution in [0.15, 0.2) is 28.6 Å². The molecule has 0 aromatic heterocycles. The molecule has 7 nitrogen and oxygen atoms in total. The van der Waals surface area contributed by atoms with Gasteiger partial charge in [-0.2, -0.15) is 4.36 Å². The normalized spacial score (nSPS) is 20.8. The molecule has 0 aliphatic carbocycles. The maximum atomic E-state index is 12.7. The van der Waals surface area contributed by atoms with Crippen molar-refractivity contribution in [2.24, 2.45) is 10.1 Å². The minimum atomic E-state index is -2.60. The molecule has 3 amide bonds. The van der Waals surface area contributed by atoms with Crippen molar-refractivity contribution < 1.29 is 13.8 Å². The van der Waals surface area contributed by atoms with Crippen LogP contribution in [-0.4, -0.2) is 40.7 Å². The molecule has 132 valence electrons. The van der Waals surface area contributed by atoms with Crippen LogP contribution in [0.4, 0.5) is 4.79 Å². The van der Waals surface area contributed by atoms with Crippen molar-refractivity contribution in [2.75, 3.05) is 19.3 Å². The van der Waals surface area contributed by atoms with Gasteiger partial charge in [-0.05, 0) is 25.5 Å². The van der Waals surface area contributed by atoms with Crippen molar-refractivity contribution in [3.63, 3.8) is 0 Å². The summed E-state index contributed by atoms with van der Waals surface area (Å²) in [7, 11) is -2.60. The third kappa shape index (κ3) is 5.04. The van der Waals surface area contributed by atoms with E-state index in [9.17, 15) is 13.8 Å². The standard InChI is InChI=1S/C16H24N4O3S/c1-11-4-3-5-12(8-11)14(19-16(17)22)9-15(21)20-24(2,23)13-6-7-18-10-13/h3-5,8,13-14,18H,6-7,9-10H2,1-2H3,(H3,17,19,22). The predicted molar refractivity (Wildman–Crippen MR) is 94.0 cm³/mol. The Bertz CT molecular complexity index is 735.